The normalized spacial score (nSPS) is 11.1. The molecule has 0 saturated carbocycles. The van der Waals surface area contributed by atoms with E-state index in [4.69, 9.17) is 0 Å². The molecule has 3 heteroatoms. The van der Waals surface area contributed by atoms with Gasteiger partial charge in [-0.05, 0) is 24.6 Å². The minimum absolute atomic E-state index is 0.0883. The van der Waals surface area contributed by atoms with Crippen LogP contribution < -0.4 is 10.9 Å². The molecule has 0 amide bonds. The maximum atomic E-state index is 10.9. The largest absolute Gasteiger partial charge is 0.507 e. The third kappa shape index (κ3) is 0.652. The summed E-state index contributed by atoms with van der Waals surface area (Å²) in [6, 6.07) is 3.09. The first-order chi connectivity index (χ1) is 5.61. The predicted molar refractivity (Wildman–Crippen MR) is 45.3 cm³/mol. The van der Waals surface area contributed by atoms with E-state index in [1.54, 1.807) is 13.0 Å². The molecule has 0 unspecified atom stereocenters. The number of fused-ring (bicyclic) bond motifs is 1. The fourth-order valence-electron chi connectivity index (χ4n) is 1.36. The zero-order valence-corrected chi connectivity index (χ0v) is 6.42. The van der Waals surface area contributed by atoms with Gasteiger partial charge in [0, 0.05) is 5.39 Å². The van der Waals surface area contributed by atoms with Crippen molar-refractivity contribution in [3.63, 3.8) is 0 Å². The summed E-state index contributed by atoms with van der Waals surface area (Å²) in [6.45, 7) is 1.76. The molecule has 60 valence electrons. The summed E-state index contributed by atoms with van der Waals surface area (Å²) in [6.07, 6.45) is 0. The van der Waals surface area contributed by atoms with Gasteiger partial charge in [-0.3, -0.25) is 9.59 Å². The van der Waals surface area contributed by atoms with Crippen molar-refractivity contribution >= 4 is 10.8 Å². The Hall–Kier alpha value is -1.64. The van der Waals surface area contributed by atoms with Crippen molar-refractivity contribution in [1.82, 2.24) is 0 Å². The molecule has 0 aliphatic carbocycles. The number of hydrogen-bond donors (Lipinski definition) is 1. The van der Waals surface area contributed by atoms with Gasteiger partial charge in [0.05, 0.1) is 5.39 Å². The highest BCUT2D eigenvalue weighted by Gasteiger charge is 2.15. The molecule has 0 saturated heterocycles. The SMILES string of the molecule is Cc1cc(O)c2c(=O)c(=O)c2c1. The van der Waals surface area contributed by atoms with Crippen LogP contribution in [0.2, 0.25) is 0 Å². The lowest BCUT2D eigenvalue weighted by molar-refractivity contribution is 0.480. The van der Waals surface area contributed by atoms with Crippen molar-refractivity contribution in [1.29, 1.82) is 0 Å². The average Bonchev–Trinajstić information content (AvgIpc) is 2.02. The first-order valence-electron chi connectivity index (χ1n) is 3.54. The number of phenolic OH excluding ortho intramolecular Hbond substituents is 1. The highest BCUT2D eigenvalue weighted by atomic mass is 16.3. The highest BCUT2D eigenvalue weighted by molar-refractivity contribution is 5.93. The van der Waals surface area contributed by atoms with Gasteiger partial charge in [-0.25, -0.2) is 0 Å². The molecular formula is C9H6O3. The summed E-state index contributed by atoms with van der Waals surface area (Å²) < 4.78 is 0. The molecule has 3 nitrogen and oxygen atoms in total. The van der Waals surface area contributed by atoms with E-state index in [0.29, 0.717) is 5.39 Å². The molecular weight excluding hydrogens is 156 g/mol. The van der Waals surface area contributed by atoms with Crippen LogP contribution in [-0.4, -0.2) is 5.11 Å². The van der Waals surface area contributed by atoms with E-state index in [9.17, 15) is 14.7 Å². The summed E-state index contributed by atoms with van der Waals surface area (Å²) in [5.41, 5.74) is -0.293. The number of rotatable bonds is 0. The van der Waals surface area contributed by atoms with Gasteiger partial charge in [0.25, 0.3) is 0 Å². The molecule has 0 heterocycles. The van der Waals surface area contributed by atoms with E-state index < -0.39 is 10.9 Å². The highest BCUT2D eigenvalue weighted by Crippen LogP contribution is 2.21. The van der Waals surface area contributed by atoms with E-state index in [1.807, 2.05) is 0 Å². The second kappa shape index (κ2) is 1.94. The van der Waals surface area contributed by atoms with Crippen LogP contribution in [0.25, 0.3) is 10.8 Å². The van der Waals surface area contributed by atoms with Crippen LogP contribution >= 0.6 is 0 Å². The molecule has 0 radical (unpaired) electrons. The van der Waals surface area contributed by atoms with Crippen molar-refractivity contribution in [3.8, 4) is 5.75 Å². The van der Waals surface area contributed by atoms with Crippen molar-refractivity contribution in [2.75, 3.05) is 0 Å². The molecule has 2 aromatic rings. The fourth-order valence-corrected chi connectivity index (χ4v) is 1.36. The van der Waals surface area contributed by atoms with Gasteiger partial charge in [0.15, 0.2) is 0 Å². The van der Waals surface area contributed by atoms with Crippen molar-refractivity contribution < 1.29 is 5.11 Å². The molecule has 0 bridgehead atoms. The molecule has 2 rings (SSSR count). The number of aryl methyl sites for hydroxylation is 1. The Morgan fingerprint density at radius 3 is 2.50 bits per heavy atom. The molecule has 1 N–H and O–H groups in total. The average molecular weight is 162 g/mol. The number of hydrogen-bond acceptors (Lipinski definition) is 3. The fraction of sp³-hybridized carbons (Fsp3) is 0.111. The van der Waals surface area contributed by atoms with Crippen molar-refractivity contribution in [3.05, 3.63) is 38.1 Å². The molecule has 0 atom stereocenters. The standard InChI is InChI=1S/C9H6O3/c1-4-2-5-7(6(10)3-4)9(12)8(5)11/h2-3,10H,1H3. The Labute approximate surface area is 67.6 Å². The topological polar surface area (TPSA) is 54.4 Å². The second-order valence-electron chi connectivity index (χ2n) is 2.86. The van der Waals surface area contributed by atoms with Gasteiger partial charge in [0.2, 0.25) is 10.9 Å². The Kier molecular flexibility index (Phi) is 1.14. The maximum Gasteiger partial charge on any atom is 0.238 e. The molecule has 0 spiro atoms. The molecule has 0 aliphatic heterocycles. The van der Waals surface area contributed by atoms with E-state index in [-0.39, 0.29) is 11.1 Å². The third-order valence-corrected chi connectivity index (χ3v) is 1.94. The summed E-state index contributed by atoms with van der Waals surface area (Å²) in [7, 11) is 0. The van der Waals surface area contributed by atoms with E-state index in [0.717, 1.165) is 5.56 Å². The zero-order valence-electron chi connectivity index (χ0n) is 6.42. The van der Waals surface area contributed by atoms with Gasteiger partial charge in [0.1, 0.15) is 5.75 Å². The number of phenols is 1. The smallest absolute Gasteiger partial charge is 0.238 e. The summed E-state index contributed by atoms with van der Waals surface area (Å²) in [4.78, 5) is 21.8. The van der Waals surface area contributed by atoms with E-state index in [1.165, 1.54) is 6.07 Å². The molecule has 2 aromatic carbocycles. The van der Waals surface area contributed by atoms with Crippen LogP contribution in [0.3, 0.4) is 0 Å². The monoisotopic (exact) mass is 162 g/mol. The molecule has 0 fully saturated rings. The lowest BCUT2D eigenvalue weighted by Crippen LogP contribution is -2.30. The maximum absolute atomic E-state index is 10.9. The van der Waals surface area contributed by atoms with Crippen molar-refractivity contribution in [2.24, 2.45) is 0 Å². The van der Waals surface area contributed by atoms with Crippen LogP contribution in [0.15, 0.2) is 21.7 Å². The molecule has 0 aromatic heterocycles. The first kappa shape index (κ1) is 7.03. The summed E-state index contributed by atoms with van der Waals surface area (Å²) in [5, 5.41) is 9.76. The van der Waals surface area contributed by atoms with Gasteiger partial charge in [-0.2, -0.15) is 0 Å². The molecule has 0 aliphatic rings. The Balaban J connectivity index is 3.03. The minimum atomic E-state index is -0.581. The Bertz CT molecular complexity index is 530. The van der Waals surface area contributed by atoms with Gasteiger partial charge in [-0.15, -0.1) is 0 Å². The van der Waals surface area contributed by atoms with Crippen LogP contribution in [0.1, 0.15) is 5.56 Å². The van der Waals surface area contributed by atoms with E-state index in [2.05, 4.69) is 0 Å². The summed E-state index contributed by atoms with van der Waals surface area (Å²) >= 11 is 0. The zero-order chi connectivity index (χ0) is 8.88. The van der Waals surface area contributed by atoms with Gasteiger partial charge in [-0.1, -0.05) is 0 Å². The Morgan fingerprint density at radius 2 is 1.83 bits per heavy atom. The van der Waals surface area contributed by atoms with Crippen LogP contribution in [0.4, 0.5) is 0 Å². The van der Waals surface area contributed by atoms with Crippen LogP contribution in [-0.2, 0) is 0 Å². The molecule has 12 heavy (non-hydrogen) atoms. The third-order valence-electron chi connectivity index (χ3n) is 1.94. The quantitative estimate of drug-likeness (QED) is 0.572. The first-order valence-corrected chi connectivity index (χ1v) is 3.54. The summed E-state index contributed by atoms with van der Waals surface area (Å²) in [5.74, 6) is -0.0883. The van der Waals surface area contributed by atoms with Crippen LogP contribution in [0.5, 0.6) is 5.75 Å². The van der Waals surface area contributed by atoms with Crippen molar-refractivity contribution in [2.45, 2.75) is 6.92 Å². The number of aromatic hydroxyl groups is 1. The minimum Gasteiger partial charge on any atom is -0.507 e. The van der Waals surface area contributed by atoms with Gasteiger partial charge >= 0.3 is 0 Å². The number of benzene rings is 1. The predicted octanol–water partition coefficient (Wildman–Crippen LogP) is 0.450. The van der Waals surface area contributed by atoms with Crippen LogP contribution in [0, 0.1) is 6.92 Å². The van der Waals surface area contributed by atoms with Gasteiger partial charge < -0.3 is 5.11 Å². The lowest BCUT2D eigenvalue weighted by atomic mass is 10.0. The Morgan fingerprint density at radius 1 is 1.17 bits per heavy atom. The lowest BCUT2D eigenvalue weighted by Gasteiger charge is -2.02. The second-order valence-corrected chi connectivity index (χ2v) is 2.86. The van der Waals surface area contributed by atoms with E-state index >= 15 is 0 Å².